The van der Waals surface area contributed by atoms with Crippen molar-refractivity contribution in [1.29, 1.82) is 0 Å². The summed E-state index contributed by atoms with van der Waals surface area (Å²) in [6.07, 6.45) is 0.782. The Hall–Kier alpha value is -1.89. The van der Waals surface area contributed by atoms with Crippen molar-refractivity contribution in [3.8, 4) is 0 Å². The maximum Gasteiger partial charge on any atom is 0.264 e. The lowest BCUT2D eigenvalue weighted by Gasteiger charge is -2.22. The molecule has 0 aliphatic heterocycles. The lowest BCUT2D eigenvalue weighted by Crippen LogP contribution is -2.36. The van der Waals surface area contributed by atoms with E-state index in [1.54, 1.807) is 4.90 Å². The van der Waals surface area contributed by atoms with Gasteiger partial charge in [0.05, 0.1) is 9.88 Å². The van der Waals surface area contributed by atoms with Crippen molar-refractivity contribution >= 4 is 40.6 Å². The zero-order chi connectivity index (χ0) is 20.0. The number of rotatable bonds is 7. The van der Waals surface area contributed by atoms with Crippen molar-refractivity contribution in [3.63, 3.8) is 0 Å². The summed E-state index contributed by atoms with van der Waals surface area (Å²) in [4.78, 5) is 27.7. The normalized spacial score (nSPS) is 10.9. The number of carbonyl (C=O) groups is 2. The Labute approximate surface area is 177 Å². The Balaban J connectivity index is 0.00000392. The predicted molar refractivity (Wildman–Crippen MR) is 119 cm³/mol. The Bertz CT molecular complexity index is 785. The largest absolute Gasteiger partial charge is 0.336 e. The summed E-state index contributed by atoms with van der Waals surface area (Å²) in [5.74, 6) is -0.0965. The van der Waals surface area contributed by atoms with Crippen LogP contribution < -0.4 is 11.1 Å². The number of hydrogen-bond acceptors (Lipinski definition) is 4. The van der Waals surface area contributed by atoms with Gasteiger partial charge in [0.1, 0.15) is 0 Å². The van der Waals surface area contributed by atoms with Crippen LogP contribution in [0.25, 0.3) is 0 Å². The molecule has 5 nitrogen and oxygen atoms in total. The molecule has 0 atom stereocenters. The molecule has 7 heteroatoms. The van der Waals surface area contributed by atoms with Crippen LogP contribution in [0, 0.1) is 12.3 Å². The van der Waals surface area contributed by atoms with Crippen molar-refractivity contribution < 1.29 is 9.59 Å². The van der Waals surface area contributed by atoms with Gasteiger partial charge in [0.15, 0.2) is 0 Å². The molecule has 0 unspecified atom stereocenters. The SMILES string of the molecule is Cc1cc(NC(=O)C(C)(C)C)sc1C(=O)N(CCN)CCc1ccccc1.Cl. The van der Waals surface area contributed by atoms with E-state index in [4.69, 9.17) is 5.73 Å². The summed E-state index contributed by atoms with van der Waals surface area (Å²) in [7, 11) is 0. The van der Waals surface area contributed by atoms with Gasteiger partial charge >= 0.3 is 0 Å². The van der Waals surface area contributed by atoms with Gasteiger partial charge in [0, 0.05) is 25.0 Å². The molecule has 1 aromatic carbocycles. The fourth-order valence-electron chi connectivity index (χ4n) is 2.58. The highest BCUT2D eigenvalue weighted by Crippen LogP contribution is 2.29. The molecular formula is C21H30ClN3O2S. The fraction of sp³-hybridized carbons (Fsp3) is 0.429. The Morgan fingerprint density at radius 1 is 1.14 bits per heavy atom. The van der Waals surface area contributed by atoms with E-state index in [1.165, 1.54) is 16.9 Å². The lowest BCUT2D eigenvalue weighted by molar-refractivity contribution is -0.123. The Morgan fingerprint density at radius 3 is 2.36 bits per heavy atom. The average molecular weight is 424 g/mol. The third-order valence-electron chi connectivity index (χ3n) is 4.23. The Morgan fingerprint density at radius 2 is 1.79 bits per heavy atom. The van der Waals surface area contributed by atoms with Gasteiger partial charge in [-0.25, -0.2) is 0 Å². The molecule has 2 amide bonds. The number of amides is 2. The van der Waals surface area contributed by atoms with Gasteiger partial charge in [-0.15, -0.1) is 23.7 Å². The first kappa shape index (κ1) is 24.1. The van der Waals surface area contributed by atoms with Crippen molar-refractivity contribution in [2.75, 3.05) is 25.0 Å². The van der Waals surface area contributed by atoms with Gasteiger partial charge in [-0.3, -0.25) is 9.59 Å². The van der Waals surface area contributed by atoms with E-state index >= 15 is 0 Å². The van der Waals surface area contributed by atoms with E-state index in [1.807, 2.05) is 52.0 Å². The maximum atomic E-state index is 13.0. The van der Waals surface area contributed by atoms with E-state index in [0.717, 1.165) is 12.0 Å². The first-order valence-electron chi connectivity index (χ1n) is 9.17. The van der Waals surface area contributed by atoms with E-state index in [9.17, 15) is 9.59 Å². The minimum Gasteiger partial charge on any atom is -0.336 e. The molecule has 3 N–H and O–H groups in total. The zero-order valence-electron chi connectivity index (χ0n) is 17.0. The highest BCUT2D eigenvalue weighted by molar-refractivity contribution is 7.18. The molecule has 0 saturated carbocycles. The van der Waals surface area contributed by atoms with Crippen LogP contribution in [0.15, 0.2) is 36.4 Å². The summed E-state index contributed by atoms with van der Waals surface area (Å²) < 4.78 is 0. The molecule has 0 spiro atoms. The summed E-state index contributed by atoms with van der Waals surface area (Å²) in [5, 5.41) is 3.61. The van der Waals surface area contributed by atoms with Gasteiger partial charge in [-0.1, -0.05) is 51.1 Å². The van der Waals surface area contributed by atoms with Gasteiger partial charge in [-0.2, -0.15) is 0 Å². The quantitative estimate of drug-likeness (QED) is 0.703. The molecule has 0 aliphatic rings. The minimum atomic E-state index is -0.483. The van der Waals surface area contributed by atoms with Crippen LogP contribution in [-0.4, -0.2) is 36.3 Å². The molecule has 2 rings (SSSR count). The second-order valence-corrected chi connectivity index (χ2v) is 8.70. The van der Waals surface area contributed by atoms with Crippen molar-refractivity contribution in [2.45, 2.75) is 34.1 Å². The number of carbonyl (C=O) groups excluding carboxylic acids is 2. The standard InChI is InChI=1S/C21H29N3O2S.ClH/c1-15-14-17(23-20(26)21(2,3)4)27-18(15)19(25)24(13-11-22)12-10-16-8-6-5-7-9-16;/h5-9,14H,10-13,22H2,1-4H3,(H,23,26);1H. The first-order chi connectivity index (χ1) is 12.7. The maximum absolute atomic E-state index is 13.0. The lowest BCUT2D eigenvalue weighted by atomic mass is 9.96. The molecule has 0 bridgehead atoms. The number of nitrogens with one attached hydrogen (secondary N) is 1. The van der Waals surface area contributed by atoms with Crippen molar-refractivity contribution in [2.24, 2.45) is 11.1 Å². The van der Waals surface area contributed by atoms with Crippen LogP contribution in [0.3, 0.4) is 0 Å². The number of thiophene rings is 1. The van der Waals surface area contributed by atoms with Crippen LogP contribution in [0.5, 0.6) is 0 Å². The van der Waals surface area contributed by atoms with E-state index in [0.29, 0.717) is 29.5 Å². The molecule has 0 radical (unpaired) electrons. The number of benzene rings is 1. The predicted octanol–water partition coefficient (Wildman–Crippen LogP) is 4.11. The average Bonchev–Trinajstić information content (AvgIpc) is 2.98. The molecule has 28 heavy (non-hydrogen) atoms. The minimum absolute atomic E-state index is 0. The van der Waals surface area contributed by atoms with E-state index in [-0.39, 0.29) is 24.2 Å². The highest BCUT2D eigenvalue weighted by atomic mass is 35.5. The molecule has 0 aliphatic carbocycles. The van der Waals surface area contributed by atoms with E-state index in [2.05, 4.69) is 17.4 Å². The van der Waals surface area contributed by atoms with Gasteiger partial charge in [0.25, 0.3) is 5.91 Å². The second-order valence-electron chi connectivity index (χ2n) is 7.64. The molecule has 0 saturated heterocycles. The molecule has 1 heterocycles. The van der Waals surface area contributed by atoms with Crippen LogP contribution >= 0.6 is 23.7 Å². The molecule has 1 aromatic heterocycles. The topological polar surface area (TPSA) is 75.4 Å². The van der Waals surface area contributed by atoms with Crippen LogP contribution in [-0.2, 0) is 11.2 Å². The smallest absolute Gasteiger partial charge is 0.264 e. The summed E-state index contributed by atoms with van der Waals surface area (Å²) in [5.41, 5.74) is 7.30. The van der Waals surface area contributed by atoms with Crippen LogP contribution in [0.2, 0.25) is 0 Å². The van der Waals surface area contributed by atoms with Gasteiger partial charge in [0.2, 0.25) is 5.91 Å². The Kier molecular flexibility index (Phi) is 9.14. The van der Waals surface area contributed by atoms with E-state index < -0.39 is 5.41 Å². The number of hydrogen-bond donors (Lipinski definition) is 2. The number of aryl methyl sites for hydroxylation is 1. The number of halogens is 1. The highest BCUT2D eigenvalue weighted by Gasteiger charge is 2.24. The number of nitrogens with two attached hydrogens (primary N) is 1. The molecule has 2 aromatic rings. The monoisotopic (exact) mass is 423 g/mol. The van der Waals surface area contributed by atoms with Gasteiger partial charge in [-0.05, 0) is 30.5 Å². The summed E-state index contributed by atoms with van der Waals surface area (Å²) in [6.45, 7) is 9.02. The second kappa shape index (κ2) is 10.6. The van der Waals surface area contributed by atoms with Crippen LogP contribution in [0.1, 0.15) is 41.6 Å². The number of anilines is 1. The van der Waals surface area contributed by atoms with Crippen molar-refractivity contribution in [1.82, 2.24) is 4.90 Å². The first-order valence-corrected chi connectivity index (χ1v) is 9.99. The summed E-state index contributed by atoms with van der Waals surface area (Å²) in [6, 6.07) is 12.0. The molecule has 0 fully saturated rings. The third kappa shape index (κ3) is 6.62. The van der Waals surface area contributed by atoms with Gasteiger partial charge < -0.3 is 16.0 Å². The third-order valence-corrected chi connectivity index (χ3v) is 5.37. The van der Waals surface area contributed by atoms with Crippen LogP contribution in [0.4, 0.5) is 5.00 Å². The summed E-state index contributed by atoms with van der Waals surface area (Å²) >= 11 is 1.32. The molecule has 154 valence electrons. The van der Waals surface area contributed by atoms with Crippen molar-refractivity contribution in [3.05, 3.63) is 52.4 Å². The molecular weight excluding hydrogens is 394 g/mol. The number of nitrogens with zero attached hydrogens (tertiary/aromatic N) is 1. The zero-order valence-corrected chi connectivity index (χ0v) is 18.6. The fourth-order valence-corrected chi connectivity index (χ4v) is 3.61.